The lowest BCUT2D eigenvalue weighted by Gasteiger charge is -2.20. The first-order valence-electron chi connectivity index (χ1n) is 3.56. The minimum Gasteiger partial charge on any atom is -0.303 e. The third-order valence-electron chi connectivity index (χ3n) is 2.68. The minimum atomic E-state index is 0.972. The maximum Gasteiger partial charge on any atom is 0.00955 e. The highest BCUT2D eigenvalue weighted by Crippen LogP contribution is 2.35. The predicted molar refractivity (Wildman–Crippen MR) is 33.8 cm³/mol. The van der Waals surface area contributed by atoms with Gasteiger partial charge in [0.1, 0.15) is 0 Å². The Bertz CT molecular complexity index is 98.6. The van der Waals surface area contributed by atoms with Crippen molar-refractivity contribution in [3.05, 3.63) is 0 Å². The van der Waals surface area contributed by atoms with Crippen LogP contribution in [0.25, 0.3) is 0 Å². The summed E-state index contributed by atoms with van der Waals surface area (Å²) in [7, 11) is 2.25. The van der Waals surface area contributed by atoms with Gasteiger partial charge in [-0.2, -0.15) is 0 Å². The smallest absolute Gasteiger partial charge is 0.00955 e. The SMILES string of the molecule is CN1C[C@H]2CC[C@H]1C2. The first-order chi connectivity index (χ1) is 3.86. The molecule has 8 heavy (non-hydrogen) atoms. The van der Waals surface area contributed by atoms with Gasteiger partial charge in [-0.15, -0.1) is 0 Å². The summed E-state index contributed by atoms with van der Waals surface area (Å²) in [6, 6.07) is 0.972. The van der Waals surface area contributed by atoms with E-state index in [0.717, 1.165) is 12.0 Å². The highest BCUT2D eigenvalue weighted by atomic mass is 15.2. The molecule has 0 spiro atoms. The molecule has 0 aromatic carbocycles. The Balaban J connectivity index is 2.11. The van der Waals surface area contributed by atoms with Crippen LogP contribution in [0.15, 0.2) is 0 Å². The molecule has 1 nitrogen and oxygen atoms in total. The summed E-state index contributed by atoms with van der Waals surface area (Å²) in [6.07, 6.45) is 4.48. The molecule has 0 N–H and O–H groups in total. The van der Waals surface area contributed by atoms with E-state index < -0.39 is 0 Å². The van der Waals surface area contributed by atoms with Crippen LogP contribution in [-0.4, -0.2) is 24.5 Å². The molecule has 1 saturated heterocycles. The predicted octanol–water partition coefficient (Wildman–Crippen LogP) is 1.10. The topological polar surface area (TPSA) is 3.24 Å². The van der Waals surface area contributed by atoms with Gasteiger partial charge in [0.05, 0.1) is 0 Å². The molecular weight excluding hydrogens is 98.1 g/mol. The van der Waals surface area contributed by atoms with Gasteiger partial charge in [0, 0.05) is 12.6 Å². The molecule has 0 amide bonds. The molecular formula is C7H13N. The summed E-state index contributed by atoms with van der Waals surface area (Å²) in [5.74, 6) is 1.07. The number of nitrogens with zero attached hydrogens (tertiary/aromatic N) is 1. The van der Waals surface area contributed by atoms with E-state index >= 15 is 0 Å². The molecule has 0 aromatic heterocycles. The summed E-state index contributed by atoms with van der Waals surface area (Å²) in [5, 5.41) is 0. The fraction of sp³-hybridized carbons (Fsp3) is 1.00. The van der Waals surface area contributed by atoms with Crippen molar-refractivity contribution in [1.29, 1.82) is 0 Å². The van der Waals surface area contributed by atoms with E-state index in [9.17, 15) is 0 Å². The van der Waals surface area contributed by atoms with Crippen LogP contribution in [0.4, 0.5) is 0 Å². The van der Waals surface area contributed by atoms with E-state index in [0.29, 0.717) is 0 Å². The third-order valence-corrected chi connectivity index (χ3v) is 2.68. The minimum absolute atomic E-state index is 0.972. The zero-order valence-corrected chi connectivity index (χ0v) is 5.43. The number of rotatable bonds is 0. The average Bonchev–Trinajstić information content (AvgIpc) is 2.23. The molecule has 0 unspecified atom stereocenters. The Morgan fingerprint density at radius 1 is 1.38 bits per heavy atom. The molecule has 2 fully saturated rings. The van der Waals surface area contributed by atoms with Crippen LogP contribution in [-0.2, 0) is 0 Å². The first-order valence-corrected chi connectivity index (χ1v) is 3.56. The van der Waals surface area contributed by atoms with Crippen molar-refractivity contribution in [2.24, 2.45) is 5.92 Å². The molecule has 0 aromatic rings. The van der Waals surface area contributed by atoms with Gasteiger partial charge >= 0.3 is 0 Å². The molecule has 2 bridgehead atoms. The van der Waals surface area contributed by atoms with E-state index in [1.165, 1.54) is 25.8 Å². The van der Waals surface area contributed by atoms with Crippen molar-refractivity contribution in [3.63, 3.8) is 0 Å². The van der Waals surface area contributed by atoms with E-state index in [-0.39, 0.29) is 0 Å². The quantitative estimate of drug-likeness (QED) is 0.452. The lowest BCUT2D eigenvalue weighted by atomic mass is 10.1. The number of piperidine rings is 1. The second-order valence-electron chi connectivity index (χ2n) is 3.27. The van der Waals surface area contributed by atoms with Crippen LogP contribution in [0.5, 0.6) is 0 Å². The summed E-state index contributed by atoms with van der Waals surface area (Å²) in [5.41, 5.74) is 0. The number of fused-ring (bicyclic) bond motifs is 2. The summed E-state index contributed by atoms with van der Waals surface area (Å²) >= 11 is 0. The van der Waals surface area contributed by atoms with Crippen LogP contribution >= 0.6 is 0 Å². The fourth-order valence-corrected chi connectivity index (χ4v) is 2.17. The van der Waals surface area contributed by atoms with Gasteiger partial charge in [-0.1, -0.05) is 0 Å². The number of hydrogen-bond acceptors (Lipinski definition) is 1. The monoisotopic (exact) mass is 111 g/mol. The first kappa shape index (κ1) is 4.80. The lowest BCUT2D eigenvalue weighted by Crippen LogP contribution is -2.27. The van der Waals surface area contributed by atoms with Gasteiger partial charge in [-0.05, 0) is 32.2 Å². The second-order valence-corrected chi connectivity index (χ2v) is 3.27. The van der Waals surface area contributed by atoms with E-state index in [1.807, 2.05) is 0 Å². The summed E-state index contributed by atoms with van der Waals surface area (Å²) in [6.45, 7) is 1.38. The van der Waals surface area contributed by atoms with Crippen molar-refractivity contribution in [2.75, 3.05) is 13.6 Å². The van der Waals surface area contributed by atoms with Gasteiger partial charge in [0.15, 0.2) is 0 Å². The number of likely N-dealkylation sites (tertiary alicyclic amines) is 1. The van der Waals surface area contributed by atoms with Crippen LogP contribution in [0, 0.1) is 5.92 Å². The molecule has 2 aliphatic rings. The van der Waals surface area contributed by atoms with E-state index in [4.69, 9.17) is 0 Å². The second kappa shape index (κ2) is 1.47. The largest absolute Gasteiger partial charge is 0.303 e. The molecule has 2 rings (SSSR count). The normalized spacial score (nSPS) is 46.1. The molecule has 1 saturated carbocycles. The van der Waals surface area contributed by atoms with Gasteiger partial charge in [0.2, 0.25) is 0 Å². The Hall–Kier alpha value is -0.0400. The zero-order chi connectivity index (χ0) is 5.56. The maximum atomic E-state index is 2.51. The van der Waals surface area contributed by atoms with Gasteiger partial charge in [-0.25, -0.2) is 0 Å². The molecule has 46 valence electrons. The van der Waals surface area contributed by atoms with Crippen molar-refractivity contribution in [3.8, 4) is 0 Å². The molecule has 1 aliphatic heterocycles. The van der Waals surface area contributed by atoms with Crippen LogP contribution in [0.1, 0.15) is 19.3 Å². The molecule has 0 radical (unpaired) electrons. The highest BCUT2D eigenvalue weighted by Gasteiger charge is 2.34. The van der Waals surface area contributed by atoms with E-state index in [1.54, 1.807) is 0 Å². The highest BCUT2D eigenvalue weighted by molar-refractivity contribution is 4.89. The van der Waals surface area contributed by atoms with Crippen LogP contribution in [0.2, 0.25) is 0 Å². The molecule has 1 aliphatic carbocycles. The third kappa shape index (κ3) is 0.510. The van der Waals surface area contributed by atoms with E-state index in [2.05, 4.69) is 11.9 Å². The maximum absolute atomic E-state index is 2.51. The lowest BCUT2D eigenvalue weighted by molar-refractivity contribution is 0.261. The van der Waals surface area contributed by atoms with Crippen molar-refractivity contribution < 1.29 is 0 Å². The van der Waals surface area contributed by atoms with Crippen molar-refractivity contribution >= 4 is 0 Å². The van der Waals surface area contributed by atoms with Gasteiger partial charge in [0.25, 0.3) is 0 Å². The molecule has 2 atom stereocenters. The van der Waals surface area contributed by atoms with Crippen LogP contribution < -0.4 is 0 Å². The Morgan fingerprint density at radius 2 is 2.25 bits per heavy atom. The molecule has 1 heteroatoms. The van der Waals surface area contributed by atoms with Gasteiger partial charge < -0.3 is 4.90 Å². The Labute approximate surface area is 50.7 Å². The Morgan fingerprint density at radius 3 is 2.50 bits per heavy atom. The molecule has 1 heterocycles. The standard InChI is InChI=1S/C7H13N/c1-8-5-6-2-3-7(8)4-6/h6-7H,2-5H2,1H3/t6-,7-/m0/s1. The van der Waals surface area contributed by atoms with Crippen molar-refractivity contribution in [1.82, 2.24) is 4.90 Å². The fourth-order valence-electron chi connectivity index (χ4n) is 2.17. The van der Waals surface area contributed by atoms with Gasteiger partial charge in [-0.3, -0.25) is 0 Å². The zero-order valence-electron chi connectivity index (χ0n) is 5.43. The Kier molecular flexibility index (Phi) is 0.884. The number of hydrogen-bond donors (Lipinski definition) is 0. The van der Waals surface area contributed by atoms with Crippen LogP contribution in [0.3, 0.4) is 0 Å². The van der Waals surface area contributed by atoms with Crippen molar-refractivity contribution in [2.45, 2.75) is 25.3 Å². The summed E-state index contributed by atoms with van der Waals surface area (Å²) in [4.78, 5) is 2.51. The average molecular weight is 111 g/mol. The summed E-state index contributed by atoms with van der Waals surface area (Å²) < 4.78 is 0.